The highest BCUT2D eigenvalue weighted by atomic mass is 15.2. The Morgan fingerprint density at radius 1 is 1.41 bits per heavy atom. The Morgan fingerprint density at radius 3 is 2.59 bits per heavy atom. The van der Waals surface area contributed by atoms with Crippen molar-refractivity contribution in [2.45, 2.75) is 51.2 Å². The molecule has 0 bridgehead atoms. The highest BCUT2D eigenvalue weighted by molar-refractivity contribution is 5.10. The van der Waals surface area contributed by atoms with Gasteiger partial charge >= 0.3 is 0 Å². The summed E-state index contributed by atoms with van der Waals surface area (Å²) < 4.78 is 1.82. The van der Waals surface area contributed by atoms with Crippen LogP contribution < -0.4 is 5.73 Å². The van der Waals surface area contributed by atoms with Crippen LogP contribution in [-0.4, -0.2) is 33.3 Å². The van der Waals surface area contributed by atoms with Gasteiger partial charge in [0.05, 0.1) is 6.20 Å². The van der Waals surface area contributed by atoms with Gasteiger partial charge in [-0.25, -0.2) is 0 Å². The van der Waals surface area contributed by atoms with Gasteiger partial charge in [0, 0.05) is 43.5 Å². The molecule has 0 aromatic carbocycles. The summed E-state index contributed by atoms with van der Waals surface area (Å²) in [7, 11) is 1.93. The van der Waals surface area contributed by atoms with E-state index >= 15 is 0 Å². The van der Waals surface area contributed by atoms with Gasteiger partial charge in [-0.05, 0) is 26.7 Å². The second-order valence-corrected chi connectivity index (χ2v) is 5.38. The zero-order chi connectivity index (χ0) is 12.4. The number of rotatable bonds is 3. The zero-order valence-corrected chi connectivity index (χ0v) is 11.1. The molecule has 1 fully saturated rings. The maximum absolute atomic E-state index is 6.27. The van der Waals surface area contributed by atoms with E-state index < -0.39 is 0 Å². The molecule has 4 nitrogen and oxygen atoms in total. The number of nitrogens with two attached hydrogens (primary N) is 1. The molecule has 1 aliphatic rings. The first-order chi connectivity index (χ1) is 8.08. The lowest BCUT2D eigenvalue weighted by molar-refractivity contribution is 0.0961. The summed E-state index contributed by atoms with van der Waals surface area (Å²) >= 11 is 0. The van der Waals surface area contributed by atoms with E-state index in [4.69, 9.17) is 5.73 Å². The Kier molecular flexibility index (Phi) is 3.84. The molecule has 1 saturated heterocycles. The van der Waals surface area contributed by atoms with Gasteiger partial charge in [-0.15, -0.1) is 0 Å². The van der Waals surface area contributed by atoms with Crippen LogP contribution in [0.5, 0.6) is 0 Å². The van der Waals surface area contributed by atoms with E-state index in [0.717, 1.165) is 12.1 Å². The van der Waals surface area contributed by atoms with Gasteiger partial charge < -0.3 is 5.73 Å². The third-order valence-electron chi connectivity index (χ3n) is 3.94. The Hall–Kier alpha value is -0.870. The van der Waals surface area contributed by atoms with Gasteiger partial charge in [0.2, 0.25) is 0 Å². The summed E-state index contributed by atoms with van der Waals surface area (Å²) in [6, 6.07) is 1.38. The lowest BCUT2D eigenvalue weighted by Gasteiger charge is -2.40. The molecule has 0 saturated carbocycles. The molecular formula is C13H24N4. The smallest absolute Gasteiger partial charge is 0.0537 e. The lowest BCUT2D eigenvalue weighted by Crippen LogP contribution is -2.46. The van der Waals surface area contributed by atoms with Crippen molar-refractivity contribution in [1.82, 2.24) is 14.7 Å². The van der Waals surface area contributed by atoms with Crippen molar-refractivity contribution in [3.63, 3.8) is 0 Å². The standard InChI is InChI=1S/C13H24N4/c1-10-5-4-6-11(2)17(10)9-13(14)12-7-15-16(3)8-12/h7-8,10-11,13H,4-6,9,14H2,1-3H3. The number of hydrogen-bond donors (Lipinski definition) is 1. The Morgan fingerprint density at radius 2 is 2.06 bits per heavy atom. The van der Waals surface area contributed by atoms with E-state index in [1.165, 1.54) is 19.3 Å². The normalized spacial score (nSPS) is 28.2. The molecule has 3 unspecified atom stereocenters. The van der Waals surface area contributed by atoms with Crippen LogP contribution in [0.1, 0.15) is 44.7 Å². The lowest BCUT2D eigenvalue weighted by atomic mass is 9.96. The first-order valence-corrected chi connectivity index (χ1v) is 6.58. The number of aromatic nitrogens is 2. The van der Waals surface area contributed by atoms with Crippen molar-refractivity contribution in [2.75, 3.05) is 6.54 Å². The maximum atomic E-state index is 6.27. The summed E-state index contributed by atoms with van der Waals surface area (Å²) in [6.45, 7) is 5.56. The quantitative estimate of drug-likeness (QED) is 0.868. The number of aryl methyl sites for hydroxylation is 1. The molecule has 0 amide bonds. The van der Waals surface area contributed by atoms with Gasteiger partial charge in [0.25, 0.3) is 0 Å². The van der Waals surface area contributed by atoms with Crippen LogP contribution in [0.3, 0.4) is 0 Å². The molecule has 3 atom stereocenters. The molecule has 1 aromatic rings. The summed E-state index contributed by atoms with van der Waals surface area (Å²) in [6.07, 6.45) is 7.84. The fraction of sp³-hybridized carbons (Fsp3) is 0.769. The largest absolute Gasteiger partial charge is 0.323 e. The summed E-state index contributed by atoms with van der Waals surface area (Å²) in [5, 5.41) is 4.19. The molecule has 2 N–H and O–H groups in total. The van der Waals surface area contributed by atoms with E-state index in [-0.39, 0.29) is 6.04 Å². The third kappa shape index (κ3) is 2.87. The minimum atomic E-state index is 0.0756. The van der Waals surface area contributed by atoms with E-state index in [0.29, 0.717) is 12.1 Å². The van der Waals surface area contributed by atoms with Gasteiger partial charge in [-0.1, -0.05) is 6.42 Å². The molecule has 17 heavy (non-hydrogen) atoms. The van der Waals surface area contributed by atoms with E-state index in [1.807, 2.05) is 24.1 Å². The first-order valence-electron chi connectivity index (χ1n) is 6.58. The van der Waals surface area contributed by atoms with Crippen molar-refractivity contribution in [3.8, 4) is 0 Å². The average Bonchev–Trinajstić information content (AvgIpc) is 2.70. The van der Waals surface area contributed by atoms with Crippen LogP contribution in [-0.2, 0) is 7.05 Å². The van der Waals surface area contributed by atoms with Crippen LogP contribution in [0.25, 0.3) is 0 Å². The molecule has 2 heterocycles. The molecule has 2 rings (SSSR count). The van der Waals surface area contributed by atoms with Gasteiger partial charge in [-0.2, -0.15) is 5.10 Å². The summed E-state index contributed by atoms with van der Waals surface area (Å²) in [4.78, 5) is 2.54. The van der Waals surface area contributed by atoms with Gasteiger partial charge in [0.1, 0.15) is 0 Å². The molecule has 1 aliphatic heterocycles. The Bertz CT molecular complexity index is 350. The number of likely N-dealkylation sites (tertiary alicyclic amines) is 1. The number of piperidine rings is 1. The van der Waals surface area contributed by atoms with Crippen LogP contribution in [0.4, 0.5) is 0 Å². The fourth-order valence-corrected chi connectivity index (χ4v) is 2.80. The SMILES string of the molecule is CC1CCCC(C)N1CC(N)c1cnn(C)c1. The average molecular weight is 236 g/mol. The molecule has 0 aliphatic carbocycles. The Balaban J connectivity index is 1.99. The van der Waals surface area contributed by atoms with Gasteiger partial charge in [0.15, 0.2) is 0 Å². The number of hydrogen-bond acceptors (Lipinski definition) is 3. The van der Waals surface area contributed by atoms with Crippen molar-refractivity contribution >= 4 is 0 Å². The predicted octanol–water partition coefficient (Wildman–Crippen LogP) is 1.68. The van der Waals surface area contributed by atoms with Crippen LogP contribution in [0.2, 0.25) is 0 Å². The number of nitrogens with zero attached hydrogens (tertiary/aromatic N) is 3. The molecule has 96 valence electrons. The molecule has 0 spiro atoms. The summed E-state index contributed by atoms with van der Waals surface area (Å²) in [5.74, 6) is 0. The summed E-state index contributed by atoms with van der Waals surface area (Å²) in [5.41, 5.74) is 7.41. The van der Waals surface area contributed by atoms with Crippen molar-refractivity contribution in [3.05, 3.63) is 18.0 Å². The fourth-order valence-electron chi connectivity index (χ4n) is 2.80. The second kappa shape index (κ2) is 5.19. The topological polar surface area (TPSA) is 47.1 Å². The second-order valence-electron chi connectivity index (χ2n) is 5.38. The monoisotopic (exact) mass is 236 g/mol. The van der Waals surface area contributed by atoms with Crippen molar-refractivity contribution < 1.29 is 0 Å². The Labute approximate surface area is 104 Å². The van der Waals surface area contributed by atoms with E-state index in [9.17, 15) is 0 Å². The maximum Gasteiger partial charge on any atom is 0.0537 e. The van der Waals surface area contributed by atoms with Crippen molar-refractivity contribution in [2.24, 2.45) is 12.8 Å². The van der Waals surface area contributed by atoms with Crippen LogP contribution in [0, 0.1) is 0 Å². The van der Waals surface area contributed by atoms with Crippen LogP contribution >= 0.6 is 0 Å². The minimum Gasteiger partial charge on any atom is -0.323 e. The molecule has 4 heteroatoms. The molecule has 1 aromatic heterocycles. The predicted molar refractivity (Wildman–Crippen MR) is 69.6 cm³/mol. The first kappa shape index (κ1) is 12.6. The van der Waals surface area contributed by atoms with Crippen LogP contribution in [0.15, 0.2) is 12.4 Å². The zero-order valence-electron chi connectivity index (χ0n) is 11.1. The van der Waals surface area contributed by atoms with Gasteiger partial charge in [-0.3, -0.25) is 9.58 Å². The van der Waals surface area contributed by atoms with E-state index in [2.05, 4.69) is 23.8 Å². The molecule has 0 radical (unpaired) electrons. The minimum absolute atomic E-state index is 0.0756. The van der Waals surface area contributed by atoms with Crippen molar-refractivity contribution in [1.29, 1.82) is 0 Å². The third-order valence-corrected chi connectivity index (χ3v) is 3.94. The highest BCUT2D eigenvalue weighted by Crippen LogP contribution is 2.24. The van der Waals surface area contributed by atoms with E-state index in [1.54, 1.807) is 0 Å². The highest BCUT2D eigenvalue weighted by Gasteiger charge is 2.26. The molecular weight excluding hydrogens is 212 g/mol.